The number of hydrogen-bond acceptors (Lipinski definition) is 4. The van der Waals surface area contributed by atoms with Gasteiger partial charge in [0.15, 0.2) is 0 Å². The molecule has 4 atom stereocenters. The van der Waals surface area contributed by atoms with Gasteiger partial charge in [-0.25, -0.2) is 0 Å². The highest BCUT2D eigenvalue weighted by molar-refractivity contribution is 7.53. The summed E-state index contributed by atoms with van der Waals surface area (Å²) >= 11 is 0. The number of hydrogen-bond donors (Lipinski definition) is 2. The second-order valence-corrected chi connectivity index (χ2v) is 10.9. The van der Waals surface area contributed by atoms with Crippen molar-refractivity contribution in [2.24, 2.45) is 11.7 Å². The van der Waals surface area contributed by atoms with Crippen molar-refractivity contribution in [3.63, 3.8) is 0 Å². The summed E-state index contributed by atoms with van der Waals surface area (Å²) in [6.45, 7) is 13.1. The van der Waals surface area contributed by atoms with Crippen LogP contribution in [0.5, 0.6) is 0 Å². The van der Waals surface area contributed by atoms with Gasteiger partial charge in [-0.3, -0.25) is 9.46 Å². The monoisotopic (exact) mass is 376 g/mol. The standard InChI is InChI=1S/C19H41N2O3P/c1-8-10-15(20)11-12-17(25(22,23)24-9-2)16-13-14-18(3,4)21(7)19(16,5)6/h15-17H,8-14,20H2,1-7H3,(H,22,23). The van der Waals surface area contributed by atoms with Crippen molar-refractivity contribution in [3.05, 3.63) is 0 Å². The molecule has 0 spiro atoms. The summed E-state index contributed by atoms with van der Waals surface area (Å²) in [5.41, 5.74) is 5.76. The third-order valence-electron chi connectivity index (χ3n) is 6.44. The van der Waals surface area contributed by atoms with Crippen LogP contribution in [-0.2, 0) is 9.09 Å². The lowest BCUT2D eigenvalue weighted by Crippen LogP contribution is -2.62. The summed E-state index contributed by atoms with van der Waals surface area (Å²) < 4.78 is 18.4. The fraction of sp³-hybridized carbons (Fsp3) is 1.00. The van der Waals surface area contributed by atoms with E-state index in [1.807, 2.05) is 0 Å². The summed E-state index contributed by atoms with van der Waals surface area (Å²) in [6, 6.07) is 0.0926. The molecule has 5 nitrogen and oxygen atoms in total. The Morgan fingerprint density at radius 2 is 1.84 bits per heavy atom. The van der Waals surface area contributed by atoms with Gasteiger partial charge in [0.25, 0.3) is 0 Å². The minimum atomic E-state index is -3.68. The maximum Gasteiger partial charge on any atom is 0.331 e. The van der Waals surface area contributed by atoms with Gasteiger partial charge in [-0.1, -0.05) is 13.3 Å². The number of rotatable bonds is 9. The van der Waals surface area contributed by atoms with Crippen LogP contribution in [0.1, 0.15) is 80.1 Å². The Balaban J connectivity index is 3.08. The van der Waals surface area contributed by atoms with E-state index in [4.69, 9.17) is 10.3 Å². The molecule has 6 heteroatoms. The Bertz CT molecular complexity index is 468. The predicted molar refractivity (Wildman–Crippen MR) is 106 cm³/mol. The topological polar surface area (TPSA) is 75.8 Å². The third kappa shape index (κ3) is 5.52. The summed E-state index contributed by atoms with van der Waals surface area (Å²) in [5, 5.41) is 0. The molecule has 1 aliphatic heterocycles. The minimum absolute atomic E-state index is 0.0915. The highest BCUT2D eigenvalue weighted by Crippen LogP contribution is 2.58. The van der Waals surface area contributed by atoms with E-state index in [0.717, 1.165) is 32.1 Å². The summed E-state index contributed by atoms with van der Waals surface area (Å²) in [5.74, 6) is 0.113. The summed E-state index contributed by atoms with van der Waals surface area (Å²) in [6.07, 6.45) is 5.38. The van der Waals surface area contributed by atoms with Gasteiger partial charge in [-0.05, 0) is 79.7 Å². The minimum Gasteiger partial charge on any atom is -0.328 e. The SMILES string of the molecule is CCCC(N)CCC(C1CCC(C)(C)N(C)C1(C)C)P(=O)(O)OCC. The Labute approximate surface area is 155 Å². The fourth-order valence-electron chi connectivity index (χ4n) is 4.49. The van der Waals surface area contributed by atoms with Crippen LogP contribution in [0.2, 0.25) is 0 Å². The summed E-state index contributed by atoms with van der Waals surface area (Å²) in [4.78, 5) is 13.1. The lowest BCUT2D eigenvalue weighted by molar-refractivity contribution is -0.0486. The van der Waals surface area contributed by atoms with Crippen LogP contribution < -0.4 is 5.73 Å². The first kappa shape index (κ1) is 23.1. The zero-order chi connectivity index (χ0) is 19.5. The van der Waals surface area contributed by atoms with Crippen LogP contribution in [-0.4, -0.2) is 46.2 Å². The fourth-order valence-corrected chi connectivity index (χ4v) is 6.50. The second kappa shape index (κ2) is 8.84. The van der Waals surface area contributed by atoms with E-state index >= 15 is 0 Å². The highest BCUT2D eigenvalue weighted by Gasteiger charge is 2.52. The van der Waals surface area contributed by atoms with Gasteiger partial charge >= 0.3 is 7.60 Å². The predicted octanol–water partition coefficient (Wildman–Crippen LogP) is 4.38. The van der Waals surface area contributed by atoms with Crippen molar-refractivity contribution >= 4 is 7.60 Å². The van der Waals surface area contributed by atoms with Gasteiger partial charge in [0.05, 0.1) is 12.3 Å². The Hall–Kier alpha value is 0.0700. The molecule has 1 fully saturated rings. The molecule has 3 N–H and O–H groups in total. The molecule has 4 unspecified atom stereocenters. The molecule has 0 bridgehead atoms. The van der Waals surface area contributed by atoms with Crippen molar-refractivity contribution in [3.8, 4) is 0 Å². The van der Waals surface area contributed by atoms with Crippen molar-refractivity contribution in [1.29, 1.82) is 0 Å². The van der Waals surface area contributed by atoms with Crippen molar-refractivity contribution < 1.29 is 14.0 Å². The van der Waals surface area contributed by atoms with Crippen LogP contribution in [0.25, 0.3) is 0 Å². The first-order valence-electron chi connectivity index (χ1n) is 9.86. The molecule has 1 saturated heterocycles. The van der Waals surface area contributed by atoms with Crippen molar-refractivity contribution in [1.82, 2.24) is 4.90 Å². The molecular weight excluding hydrogens is 335 g/mol. The lowest BCUT2D eigenvalue weighted by Gasteiger charge is -2.57. The Kier molecular flexibility index (Phi) is 8.17. The van der Waals surface area contributed by atoms with Crippen LogP contribution >= 0.6 is 7.60 Å². The van der Waals surface area contributed by atoms with Gasteiger partial charge in [0, 0.05) is 17.1 Å². The van der Waals surface area contributed by atoms with Crippen molar-refractivity contribution in [2.45, 2.75) is 103 Å². The van der Waals surface area contributed by atoms with E-state index in [9.17, 15) is 9.46 Å². The molecule has 25 heavy (non-hydrogen) atoms. The normalized spacial score (nSPS) is 28.3. The molecule has 0 aliphatic carbocycles. The number of nitrogens with zero attached hydrogens (tertiary/aromatic N) is 1. The second-order valence-electron chi connectivity index (χ2n) is 8.85. The molecule has 0 amide bonds. The lowest BCUT2D eigenvalue weighted by atomic mass is 9.70. The van der Waals surface area contributed by atoms with E-state index in [1.54, 1.807) is 6.92 Å². The Morgan fingerprint density at radius 3 is 2.36 bits per heavy atom. The molecular formula is C19H41N2O3P. The van der Waals surface area contributed by atoms with Crippen LogP contribution in [0.15, 0.2) is 0 Å². The molecule has 150 valence electrons. The molecule has 1 aliphatic rings. The van der Waals surface area contributed by atoms with Gasteiger partial charge in [-0.15, -0.1) is 0 Å². The van der Waals surface area contributed by atoms with E-state index in [2.05, 4.69) is 46.6 Å². The van der Waals surface area contributed by atoms with Crippen molar-refractivity contribution in [2.75, 3.05) is 13.7 Å². The zero-order valence-electron chi connectivity index (χ0n) is 17.4. The Morgan fingerprint density at radius 1 is 1.24 bits per heavy atom. The number of nitrogens with two attached hydrogens (primary N) is 1. The first-order chi connectivity index (χ1) is 11.4. The maximum atomic E-state index is 13.0. The molecule has 0 radical (unpaired) electrons. The number of piperidine rings is 1. The van der Waals surface area contributed by atoms with Gasteiger partial charge < -0.3 is 15.2 Å². The van der Waals surface area contributed by atoms with E-state index in [-0.39, 0.29) is 35.3 Å². The van der Waals surface area contributed by atoms with E-state index in [0.29, 0.717) is 6.42 Å². The average molecular weight is 377 g/mol. The van der Waals surface area contributed by atoms with Gasteiger partial charge in [0.2, 0.25) is 0 Å². The van der Waals surface area contributed by atoms with Gasteiger partial charge in [0.1, 0.15) is 0 Å². The molecule has 0 aromatic heterocycles. The molecule has 0 aromatic carbocycles. The molecule has 0 aromatic rings. The first-order valence-corrected chi connectivity index (χ1v) is 11.5. The van der Waals surface area contributed by atoms with Gasteiger partial charge in [-0.2, -0.15) is 0 Å². The van der Waals surface area contributed by atoms with E-state index < -0.39 is 7.60 Å². The molecule has 1 heterocycles. The number of likely N-dealkylation sites (tertiary alicyclic amines) is 1. The largest absolute Gasteiger partial charge is 0.331 e. The highest BCUT2D eigenvalue weighted by atomic mass is 31.2. The third-order valence-corrected chi connectivity index (χ3v) is 8.52. The molecule has 0 saturated carbocycles. The smallest absolute Gasteiger partial charge is 0.328 e. The quantitative estimate of drug-likeness (QED) is 0.584. The summed E-state index contributed by atoms with van der Waals surface area (Å²) in [7, 11) is -1.54. The van der Waals surface area contributed by atoms with Crippen LogP contribution in [0.4, 0.5) is 0 Å². The van der Waals surface area contributed by atoms with E-state index in [1.165, 1.54) is 0 Å². The van der Waals surface area contributed by atoms with Crippen LogP contribution in [0, 0.1) is 5.92 Å². The van der Waals surface area contributed by atoms with Crippen LogP contribution in [0.3, 0.4) is 0 Å². The maximum absolute atomic E-state index is 13.0. The average Bonchev–Trinajstić information content (AvgIpc) is 2.48. The zero-order valence-corrected chi connectivity index (χ0v) is 18.3. The molecule has 1 rings (SSSR count).